The second kappa shape index (κ2) is 5.06. The Morgan fingerprint density at radius 3 is 2.37 bits per heavy atom. The van der Waals surface area contributed by atoms with Crippen LogP contribution in [-0.4, -0.2) is 14.1 Å². The molecule has 0 N–H and O–H groups in total. The lowest BCUT2D eigenvalue weighted by Crippen LogP contribution is -2.08. The Labute approximate surface area is 118 Å². The molecule has 1 nitrogen and oxygen atoms in total. The molecule has 0 saturated heterocycles. The first-order chi connectivity index (χ1) is 9.22. The Balaban J connectivity index is 1.84. The quantitative estimate of drug-likeness (QED) is 0.672. The second-order valence-corrected chi connectivity index (χ2v) is 6.16. The fourth-order valence-electron chi connectivity index (χ4n) is 2.24. The van der Waals surface area contributed by atoms with Gasteiger partial charge < -0.3 is 4.90 Å². The summed E-state index contributed by atoms with van der Waals surface area (Å²) in [7, 11) is 4.14. The maximum absolute atomic E-state index is 2.31. The van der Waals surface area contributed by atoms with E-state index in [-0.39, 0.29) is 0 Å². The summed E-state index contributed by atoms with van der Waals surface area (Å²) in [4.78, 5) is 3.56. The first kappa shape index (κ1) is 12.2. The second-order valence-electron chi connectivity index (χ2n) is 4.99. The maximum Gasteiger partial charge on any atom is 0.0361 e. The van der Waals surface area contributed by atoms with Gasteiger partial charge in [0, 0.05) is 35.8 Å². The monoisotopic (exact) mass is 267 g/mol. The Hall–Kier alpha value is -1.80. The first-order valence-corrected chi connectivity index (χ1v) is 7.28. The molecule has 0 spiro atoms. The normalized spacial score (nSPS) is 10.8. The summed E-state index contributed by atoms with van der Waals surface area (Å²) in [6, 6.07) is 19.7. The molecule has 0 aliphatic carbocycles. The Morgan fingerprint density at radius 1 is 0.947 bits per heavy atom. The van der Waals surface area contributed by atoms with Crippen molar-refractivity contribution in [3.05, 3.63) is 65.0 Å². The van der Waals surface area contributed by atoms with Gasteiger partial charge in [-0.05, 0) is 35.2 Å². The summed E-state index contributed by atoms with van der Waals surface area (Å²) in [5.41, 5.74) is 2.62. The van der Waals surface area contributed by atoms with Crippen LogP contribution in [0.25, 0.3) is 10.1 Å². The van der Waals surface area contributed by atoms with Gasteiger partial charge in [0.05, 0.1) is 0 Å². The van der Waals surface area contributed by atoms with Gasteiger partial charge in [0.15, 0.2) is 0 Å². The minimum atomic E-state index is 1.02. The number of nitrogens with zero attached hydrogens (tertiary/aromatic N) is 1. The van der Waals surface area contributed by atoms with Crippen molar-refractivity contribution >= 4 is 27.1 Å². The maximum atomic E-state index is 2.31. The Bertz CT molecular complexity index is 647. The summed E-state index contributed by atoms with van der Waals surface area (Å²) >= 11 is 1.89. The molecule has 0 unspecified atom stereocenters. The molecule has 3 aromatic rings. The molecule has 0 fully saturated rings. The first-order valence-electron chi connectivity index (χ1n) is 6.46. The van der Waals surface area contributed by atoms with Crippen molar-refractivity contribution in [1.29, 1.82) is 0 Å². The predicted octanol–water partition coefficient (Wildman–Crippen LogP) is 4.56. The molecule has 19 heavy (non-hydrogen) atoms. The molecule has 0 aliphatic rings. The van der Waals surface area contributed by atoms with E-state index in [0.29, 0.717) is 0 Å². The van der Waals surface area contributed by atoms with Gasteiger partial charge in [-0.2, -0.15) is 0 Å². The third kappa shape index (κ3) is 2.64. The largest absolute Gasteiger partial charge is 0.378 e. The van der Waals surface area contributed by atoms with E-state index in [1.165, 1.54) is 26.2 Å². The minimum absolute atomic E-state index is 1.02. The number of fused-ring (bicyclic) bond motifs is 1. The van der Waals surface area contributed by atoms with Gasteiger partial charge in [-0.1, -0.05) is 30.3 Å². The third-order valence-corrected chi connectivity index (χ3v) is 4.42. The van der Waals surface area contributed by atoms with Crippen molar-refractivity contribution < 1.29 is 0 Å². The van der Waals surface area contributed by atoms with Crippen LogP contribution in [0.15, 0.2) is 54.6 Å². The molecular formula is C17H17NS. The van der Waals surface area contributed by atoms with Crippen LogP contribution in [-0.2, 0) is 6.42 Å². The summed E-state index contributed by atoms with van der Waals surface area (Å²) in [6.07, 6.45) is 1.02. The molecule has 0 radical (unpaired) electrons. The van der Waals surface area contributed by atoms with Crippen LogP contribution in [0.5, 0.6) is 0 Å². The lowest BCUT2D eigenvalue weighted by Gasteiger charge is -2.12. The standard InChI is InChI=1S/C17H17NS/c1-18(2)15-9-7-13(8-10-15)11-16-12-14-5-3-4-6-17(14)19-16/h3-10,12H,11H2,1-2H3. The molecule has 2 heteroatoms. The van der Waals surface area contributed by atoms with E-state index in [1.54, 1.807) is 0 Å². The number of anilines is 1. The van der Waals surface area contributed by atoms with Crippen LogP contribution in [0.2, 0.25) is 0 Å². The number of thiophene rings is 1. The van der Waals surface area contributed by atoms with Crippen molar-refractivity contribution in [2.45, 2.75) is 6.42 Å². The molecule has 0 bridgehead atoms. The smallest absolute Gasteiger partial charge is 0.0361 e. The number of hydrogen-bond donors (Lipinski definition) is 0. The van der Waals surface area contributed by atoms with Crippen LogP contribution in [0.1, 0.15) is 10.4 Å². The third-order valence-electron chi connectivity index (χ3n) is 3.31. The Kier molecular flexibility index (Phi) is 3.26. The molecule has 3 rings (SSSR count). The van der Waals surface area contributed by atoms with E-state index >= 15 is 0 Å². The minimum Gasteiger partial charge on any atom is -0.378 e. The van der Waals surface area contributed by atoms with Gasteiger partial charge in [0.25, 0.3) is 0 Å². The van der Waals surface area contributed by atoms with Crippen LogP contribution in [0.4, 0.5) is 5.69 Å². The van der Waals surface area contributed by atoms with E-state index in [1.807, 2.05) is 11.3 Å². The van der Waals surface area contributed by atoms with Crippen molar-refractivity contribution in [3.8, 4) is 0 Å². The zero-order chi connectivity index (χ0) is 13.2. The molecule has 0 amide bonds. The van der Waals surface area contributed by atoms with Crippen molar-refractivity contribution in [3.63, 3.8) is 0 Å². The highest BCUT2D eigenvalue weighted by Crippen LogP contribution is 2.27. The number of rotatable bonds is 3. The molecule has 0 atom stereocenters. The highest BCUT2D eigenvalue weighted by atomic mass is 32.1. The van der Waals surface area contributed by atoms with Crippen molar-refractivity contribution in [2.24, 2.45) is 0 Å². The molecule has 1 aromatic heterocycles. The van der Waals surface area contributed by atoms with Gasteiger partial charge >= 0.3 is 0 Å². The molecule has 1 heterocycles. The van der Waals surface area contributed by atoms with E-state index in [2.05, 4.69) is 73.6 Å². The summed E-state index contributed by atoms with van der Waals surface area (Å²) < 4.78 is 1.38. The van der Waals surface area contributed by atoms with Crippen LogP contribution < -0.4 is 4.90 Å². The van der Waals surface area contributed by atoms with E-state index < -0.39 is 0 Å². The fraction of sp³-hybridized carbons (Fsp3) is 0.176. The number of hydrogen-bond acceptors (Lipinski definition) is 2. The predicted molar refractivity (Wildman–Crippen MR) is 85.4 cm³/mol. The number of benzene rings is 2. The topological polar surface area (TPSA) is 3.24 Å². The van der Waals surface area contributed by atoms with Gasteiger partial charge in [-0.3, -0.25) is 0 Å². The molecule has 0 aliphatic heterocycles. The lowest BCUT2D eigenvalue weighted by atomic mass is 10.1. The van der Waals surface area contributed by atoms with Gasteiger partial charge in [0.1, 0.15) is 0 Å². The fourth-order valence-corrected chi connectivity index (χ4v) is 3.34. The van der Waals surface area contributed by atoms with Gasteiger partial charge in [0.2, 0.25) is 0 Å². The molecule has 0 saturated carbocycles. The molecular weight excluding hydrogens is 250 g/mol. The van der Waals surface area contributed by atoms with Crippen LogP contribution >= 0.6 is 11.3 Å². The van der Waals surface area contributed by atoms with E-state index in [9.17, 15) is 0 Å². The summed E-state index contributed by atoms with van der Waals surface area (Å²) in [5, 5.41) is 1.35. The average Bonchev–Trinajstić information content (AvgIpc) is 2.81. The zero-order valence-electron chi connectivity index (χ0n) is 11.3. The lowest BCUT2D eigenvalue weighted by molar-refractivity contribution is 1.12. The Morgan fingerprint density at radius 2 is 1.68 bits per heavy atom. The molecule has 2 aromatic carbocycles. The van der Waals surface area contributed by atoms with Gasteiger partial charge in [-0.15, -0.1) is 11.3 Å². The van der Waals surface area contributed by atoms with Gasteiger partial charge in [-0.25, -0.2) is 0 Å². The molecule has 96 valence electrons. The highest BCUT2D eigenvalue weighted by molar-refractivity contribution is 7.19. The van der Waals surface area contributed by atoms with E-state index in [0.717, 1.165) is 6.42 Å². The summed E-state index contributed by atoms with van der Waals surface area (Å²) in [5.74, 6) is 0. The average molecular weight is 267 g/mol. The zero-order valence-corrected chi connectivity index (χ0v) is 12.1. The van der Waals surface area contributed by atoms with Crippen LogP contribution in [0, 0.1) is 0 Å². The van der Waals surface area contributed by atoms with E-state index in [4.69, 9.17) is 0 Å². The SMILES string of the molecule is CN(C)c1ccc(Cc2cc3ccccc3s2)cc1. The summed E-state index contributed by atoms with van der Waals surface area (Å²) in [6.45, 7) is 0. The van der Waals surface area contributed by atoms with Crippen molar-refractivity contribution in [1.82, 2.24) is 0 Å². The van der Waals surface area contributed by atoms with Crippen molar-refractivity contribution in [2.75, 3.05) is 19.0 Å². The highest BCUT2D eigenvalue weighted by Gasteiger charge is 2.03. The van der Waals surface area contributed by atoms with Crippen LogP contribution in [0.3, 0.4) is 0 Å².